The van der Waals surface area contributed by atoms with Crippen LogP contribution in [0.4, 0.5) is 4.79 Å². The number of rotatable bonds is 0. The molecule has 6 nitrogen and oxygen atoms in total. The molecule has 1 saturated carbocycles. The highest BCUT2D eigenvalue weighted by Gasteiger charge is 2.71. The fourth-order valence-corrected chi connectivity index (χ4v) is 2.96. The van der Waals surface area contributed by atoms with Gasteiger partial charge in [-0.05, 0) is 12.8 Å². The fraction of sp³-hybridized carbons (Fsp3) is 0.700. The maximum atomic E-state index is 12.0. The Bertz CT molecular complexity index is 407. The number of nitrogens with one attached hydrogen (secondary N) is 1. The highest BCUT2D eigenvalue weighted by atomic mass is 16.4. The Labute approximate surface area is 91.6 Å². The van der Waals surface area contributed by atoms with E-state index in [-0.39, 0.29) is 31.2 Å². The van der Waals surface area contributed by atoms with E-state index in [4.69, 9.17) is 5.11 Å². The second-order valence-corrected chi connectivity index (χ2v) is 4.95. The molecule has 0 aromatic heterocycles. The first-order valence-corrected chi connectivity index (χ1v) is 5.31. The third-order valence-corrected chi connectivity index (χ3v) is 4.09. The molecular weight excluding hydrogens is 212 g/mol. The van der Waals surface area contributed by atoms with Crippen molar-refractivity contribution in [3.8, 4) is 0 Å². The van der Waals surface area contributed by atoms with Crippen molar-refractivity contribution in [2.75, 3.05) is 13.1 Å². The standard InChI is InChI=1S/C10H12N2O4/c13-6-3-7(14)11-10(1-2-10)9(6)4-12(5-9)8(15)16/h1-5H2,(H,11,14)(H,15,16). The Balaban J connectivity index is 1.87. The minimum absolute atomic E-state index is 0.0914. The van der Waals surface area contributed by atoms with Gasteiger partial charge in [0.2, 0.25) is 5.91 Å². The highest BCUT2D eigenvalue weighted by Crippen LogP contribution is 2.57. The van der Waals surface area contributed by atoms with Crippen molar-refractivity contribution in [3.63, 3.8) is 0 Å². The predicted octanol–water partition coefficient (Wildman–Crippen LogP) is -0.412. The average Bonchev–Trinajstić information content (AvgIpc) is 2.80. The summed E-state index contributed by atoms with van der Waals surface area (Å²) in [6, 6.07) is 0. The van der Waals surface area contributed by atoms with Gasteiger partial charge >= 0.3 is 6.09 Å². The molecule has 86 valence electrons. The highest BCUT2D eigenvalue weighted by molar-refractivity contribution is 6.06. The zero-order valence-electron chi connectivity index (χ0n) is 8.65. The van der Waals surface area contributed by atoms with Crippen LogP contribution in [0, 0.1) is 5.41 Å². The molecule has 2 N–H and O–H groups in total. The van der Waals surface area contributed by atoms with Crippen LogP contribution >= 0.6 is 0 Å². The van der Waals surface area contributed by atoms with E-state index in [0.29, 0.717) is 0 Å². The van der Waals surface area contributed by atoms with Crippen LogP contribution in [-0.4, -0.2) is 46.4 Å². The van der Waals surface area contributed by atoms with Gasteiger partial charge in [-0.1, -0.05) is 0 Å². The molecule has 0 atom stereocenters. The van der Waals surface area contributed by atoms with Gasteiger partial charge < -0.3 is 15.3 Å². The largest absolute Gasteiger partial charge is 0.465 e. The van der Waals surface area contributed by atoms with Gasteiger partial charge in [0.1, 0.15) is 0 Å². The van der Waals surface area contributed by atoms with E-state index in [2.05, 4.69) is 5.32 Å². The van der Waals surface area contributed by atoms with Crippen LogP contribution in [-0.2, 0) is 9.59 Å². The number of piperidine rings is 1. The number of carboxylic acid groups (broad SMARTS) is 1. The lowest BCUT2D eigenvalue weighted by molar-refractivity contribution is -0.152. The van der Waals surface area contributed by atoms with Gasteiger partial charge in [-0.2, -0.15) is 0 Å². The zero-order chi connectivity index (χ0) is 11.6. The van der Waals surface area contributed by atoms with E-state index in [9.17, 15) is 14.4 Å². The van der Waals surface area contributed by atoms with E-state index in [1.54, 1.807) is 0 Å². The van der Waals surface area contributed by atoms with E-state index >= 15 is 0 Å². The first-order valence-electron chi connectivity index (χ1n) is 5.31. The first kappa shape index (κ1) is 9.62. The SMILES string of the molecule is O=C1CC(=O)C2(CN(C(=O)O)C2)C2(CC2)N1. The van der Waals surface area contributed by atoms with Crippen molar-refractivity contribution in [2.45, 2.75) is 24.8 Å². The third-order valence-electron chi connectivity index (χ3n) is 4.09. The summed E-state index contributed by atoms with van der Waals surface area (Å²) in [6.45, 7) is 0.475. The second kappa shape index (κ2) is 2.56. The van der Waals surface area contributed by atoms with E-state index in [1.165, 1.54) is 4.90 Å². The second-order valence-electron chi connectivity index (χ2n) is 4.95. The molecule has 2 amide bonds. The molecule has 3 aliphatic rings. The minimum Gasteiger partial charge on any atom is -0.465 e. The van der Waals surface area contributed by atoms with Gasteiger partial charge in [0.05, 0.1) is 17.4 Å². The number of amides is 2. The van der Waals surface area contributed by atoms with Crippen LogP contribution in [0.25, 0.3) is 0 Å². The lowest BCUT2D eigenvalue weighted by Crippen LogP contribution is -2.74. The Kier molecular flexibility index (Phi) is 1.54. The lowest BCUT2D eigenvalue weighted by Gasteiger charge is -2.54. The Morgan fingerprint density at radius 3 is 2.44 bits per heavy atom. The van der Waals surface area contributed by atoms with Crippen LogP contribution in [0.2, 0.25) is 0 Å². The van der Waals surface area contributed by atoms with Gasteiger partial charge in [0, 0.05) is 13.1 Å². The third kappa shape index (κ3) is 0.942. The molecule has 2 heterocycles. The summed E-state index contributed by atoms with van der Waals surface area (Å²) in [5.74, 6) is -0.312. The number of ketones is 1. The number of carbonyl (C=O) groups is 3. The number of fused-ring (bicyclic) bond motifs is 1. The molecule has 6 heteroatoms. The molecule has 1 aliphatic carbocycles. The molecule has 2 aliphatic heterocycles. The number of nitrogens with zero attached hydrogens (tertiary/aromatic N) is 1. The molecule has 16 heavy (non-hydrogen) atoms. The molecule has 0 unspecified atom stereocenters. The topological polar surface area (TPSA) is 86.7 Å². The van der Waals surface area contributed by atoms with Crippen LogP contribution in [0.15, 0.2) is 0 Å². The van der Waals surface area contributed by atoms with Gasteiger partial charge in [0.25, 0.3) is 0 Å². The van der Waals surface area contributed by atoms with Gasteiger partial charge in [-0.3, -0.25) is 9.59 Å². The molecule has 0 aromatic rings. The molecule has 0 radical (unpaired) electrons. The summed E-state index contributed by atoms with van der Waals surface area (Å²) >= 11 is 0. The molecule has 0 bridgehead atoms. The number of likely N-dealkylation sites (tertiary alicyclic amines) is 1. The summed E-state index contributed by atoms with van der Waals surface area (Å²) in [7, 11) is 0. The monoisotopic (exact) mass is 224 g/mol. The Morgan fingerprint density at radius 2 is 1.94 bits per heavy atom. The minimum atomic E-state index is -0.994. The van der Waals surface area contributed by atoms with Crippen molar-refractivity contribution in [1.29, 1.82) is 0 Å². The van der Waals surface area contributed by atoms with E-state index in [0.717, 1.165) is 12.8 Å². The zero-order valence-corrected chi connectivity index (χ0v) is 8.65. The first-order chi connectivity index (χ1) is 7.49. The van der Waals surface area contributed by atoms with Gasteiger partial charge in [-0.15, -0.1) is 0 Å². The Hall–Kier alpha value is -1.59. The van der Waals surface area contributed by atoms with Gasteiger partial charge in [-0.25, -0.2) is 4.79 Å². The summed E-state index contributed by atoms with van der Waals surface area (Å²) in [6.07, 6.45) is 0.483. The normalized spacial score (nSPS) is 28.9. The maximum absolute atomic E-state index is 12.0. The molecule has 2 spiro atoms. The maximum Gasteiger partial charge on any atom is 0.407 e. The summed E-state index contributed by atoms with van der Waals surface area (Å²) < 4.78 is 0. The number of carbonyl (C=O) groups excluding carboxylic acids is 2. The quantitative estimate of drug-likeness (QED) is 0.547. The van der Waals surface area contributed by atoms with Gasteiger partial charge in [0.15, 0.2) is 5.78 Å². The summed E-state index contributed by atoms with van der Waals surface area (Å²) in [4.78, 5) is 35.2. The van der Waals surface area contributed by atoms with Crippen molar-refractivity contribution in [2.24, 2.45) is 5.41 Å². The van der Waals surface area contributed by atoms with Crippen molar-refractivity contribution in [1.82, 2.24) is 10.2 Å². The fourth-order valence-electron chi connectivity index (χ4n) is 2.96. The lowest BCUT2D eigenvalue weighted by atomic mass is 9.65. The molecule has 3 fully saturated rings. The van der Waals surface area contributed by atoms with Crippen molar-refractivity contribution < 1.29 is 19.5 Å². The molecular formula is C10H12N2O4. The summed E-state index contributed by atoms with van der Waals surface area (Å²) in [5, 5.41) is 11.7. The molecule has 2 saturated heterocycles. The smallest absolute Gasteiger partial charge is 0.407 e. The number of hydrogen-bond donors (Lipinski definition) is 2. The molecule has 0 aromatic carbocycles. The summed E-state index contributed by atoms with van der Waals surface area (Å²) in [5.41, 5.74) is -1.05. The predicted molar refractivity (Wildman–Crippen MR) is 51.8 cm³/mol. The molecule has 3 rings (SSSR count). The van der Waals surface area contributed by atoms with Crippen molar-refractivity contribution >= 4 is 17.8 Å². The van der Waals surface area contributed by atoms with E-state index in [1.807, 2.05) is 0 Å². The average molecular weight is 224 g/mol. The number of Topliss-reactive ketones (excluding diaryl/α,β-unsaturated/α-hetero) is 1. The van der Waals surface area contributed by atoms with Crippen molar-refractivity contribution in [3.05, 3.63) is 0 Å². The number of hydrogen-bond acceptors (Lipinski definition) is 3. The van der Waals surface area contributed by atoms with Crippen LogP contribution < -0.4 is 5.32 Å². The van der Waals surface area contributed by atoms with Crippen LogP contribution in [0.3, 0.4) is 0 Å². The Morgan fingerprint density at radius 1 is 1.31 bits per heavy atom. The van der Waals surface area contributed by atoms with Crippen LogP contribution in [0.1, 0.15) is 19.3 Å². The van der Waals surface area contributed by atoms with E-state index < -0.39 is 17.0 Å². The van der Waals surface area contributed by atoms with Crippen LogP contribution in [0.5, 0.6) is 0 Å².